The number of pyridine rings is 1. The lowest BCUT2D eigenvalue weighted by atomic mass is 9.96. The van der Waals surface area contributed by atoms with E-state index >= 15 is 0 Å². The number of carbonyl (C=O) groups excluding carboxylic acids is 1. The molecule has 32 heavy (non-hydrogen) atoms. The highest BCUT2D eigenvalue weighted by Gasteiger charge is 2.23. The lowest BCUT2D eigenvalue weighted by molar-refractivity contribution is -0.123. The number of nitrogens with one attached hydrogen (secondary N) is 1. The molecule has 3 heterocycles. The molecule has 0 aliphatic rings. The maximum atomic E-state index is 12.5. The highest BCUT2D eigenvalue weighted by Crippen LogP contribution is 2.36. The molecule has 0 saturated carbocycles. The van der Waals surface area contributed by atoms with E-state index in [1.807, 2.05) is 45.9 Å². The summed E-state index contributed by atoms with van der Waals surface area (Å²) >= 11 is 6.26. The van der Waals surface area contributed by atoms with Gasteiger partial charge >= 0.3 is 0 Å². The van der Waals surface area contributed by atoms with Crippen molar-refractivity contribution >= 4 is 29.0 Å². The molecule has 7 nitrogen and oxygen atoms in total. The molecule has 8 heteroatoms. The number of nitriles is 1. The standard InChI is InChI=1S/C24H21ClN6O/c1-14-10-17(12-18(25)27-14)20-21(16-7-5-6-15(11-16)13-26)30-31-9-8-19(28-22(20)31)29-23(32)24(2,3)4/h5-12H,1-4H3,(H,28,29,32). The molecule has 0 aliphatic heterocycles. The van der Waals surface area contributed by atoms with Gasteiger partial charge < -0.3 is 5.32 Å². The minimum Gasteiger partial charge on any atom is -0.310 e. The minimum absolute atomic E-state index is 0.139. The van der Waals surface area contributed by atoms with Gasteiger partial charge in [-0.25, -0.2) is 14.5 Å². The number of amides is 1. The smallest absolute Gasteiger partial charge is 0.230 e. The van der Waals surface area contributed by atoms with Crippen LogP contribution in [0.4, 0.5) is 5.82 Å². The van der Waals surface area contributed by atoms with E-state index in [1.54, 1.807) is 35.0 Å². The Kier molecular flexibility index (Phi) is 5.41. The van der Waals surface area contributed by atoms with Crippen LogP contribution in [0.1, 0.15) is 32.0 Å². The van der Waals surface area contributed by atoms with E-state index in [-0.39, 0.29) is 5.91 Å². The zero-order valence-electron chi connectivity index (χ0n) is 18.1. The second kappa shape index (κ2) is 8.06. The molecule has 4 aromatic rings. The number of hydrogen-bond acceptors (Lipinski definition) is 5. The van der Waals surface area contributed by atoms with Crippen LogP contribution in [0.3, 0.4) is 0 Å². The van der Waals surface area contributed by atoms with Gasteiger partial charge in [0.2, 0.25) is 5.91 Å². The first-order valence-electron chi connectivity index (χ1n) is 10.0. The summed E-state index contributed by atoms with van der Waals surface area (Å²) in [5.74, 6) is 0.285. The van der Waals surface area contributed by atoms with Gasteiger partial charge in [0.05, 0.1) is 17.2 Å². The van der Waals surface area contributed by atoms with Gasteiger partial charge in [-0.3, -0.25) is 4.79 Å². The van der Waals surface area contributed by atoms with E-state index < -0.39 is 5.41 Å². The molecule has 3 aromatic heterocycles. The van der Waals surface area contributed by atoms with E-state index in [2.05, 4.69) is 16.4 Å². The molecule has 1 aromatic carbocycles. The minimum atomic E-state index is -0.560. The van der Waals surface area contributed by atoms with Gasteiger partial charge in [0.25, 0.3) is 0 Å². The number of benzene rings is 1. The Hall–Kier alpha value is -3.76. The van der Waals surface area contributed by atoms with Crippen molar-refractivity contribution in [3.63, 3.8) is 0 Å². The fraction of sp³-hybridized carbons (Fsp3) is 0.208. The fourth-order valence-corrected chi connectivity index (χ4v) is 3.53. The highest BCUT2D eigenvalue weighted by molar-refractivity contribution is 6.29. The molecule has 0 atom stereocenters. The maximum absolute atomic E-state index is 12.5. The van der Waals surface area contributed by atoms with Crippen LogP contribution in [0.5, 0.6) is 0 Å². The highest BCUT2D eigenvalue weighted by atomic mass is 35.5. The van der Waals surface area contributed by atoms with Crippen LogP contribution in [0, 0.1) is 23.7 Å². The molecule has 0 aliphatic carbocycles. The molecular formula is C24H21ClN6O. The van der Waals surface area contributed by atoms with Crippen LogP contribution in [-0.4, -0.2) is 25.5 Å². The lowest BCUT2D eigenvalue weighted by Crippen LogP contribution is -2.28. The average molecular weight is 445 g/mol. The zero-order valence-corrected chi connectivity index (χ0v) is 18.9. The molecule has 160 valence electrons. The topological polar surface area (TPSA) is 96.0 Å². The predicted octanol–water partition coefficient (Wildman–Crippen LogP) is 5.28. The molecular weight excluding hydrogens is 424 g/mol. The van der Waals surface area contributed by atoms with Crippen LogP contribution in [-0.2, 0) is 4.79 Å². The number of fused-ring (bicyclic) bond motifs is 1. The summed E-state index contributed by atoms with van der Waals surface area (Å²) in [6.45, 7) is 7.38. The van der Waals surface area contributed by atoms with Gasteiger partial charge in [0, 0.05) is 22.9 Å². The summed E-state index contributed by atoms with van der Waals surface area (Å²) in [4.78, 5) is 21.4. The van der Waals surface area contributed by atoms with Crippen molar-refractivity contribution in [3.8, 4) is 28.5 Å². The third-order valence-electron chi connectivity index (χ3n) is 4.88. The molecule has 1 N–H and O–H groups in total. The summed E-state index contributed by atoms with van der Waals surface area (Å²) in [5.41, 5.74) is 4.22. The number of anilines is 1. The summed E-state index contributed by atoms with van der Waals surface area (Å²) < 4.78 is 1.65. The van der Waals surface area contributed by atoms with Crippen molar-refractivity contribution in [1.82, 2.24) is 19.6 Å². The van der Waals surface area contributed by atoms with Crippen molar-refractivity contribution in [2.45, 2.75) is 27.7 Å². The van der Waals surface area contributed by atoms with E-state index in [0.29, 0.717) is 27.9 Å². The second-order valence-electron chi connectivity index (χ2n) is 8.52. The van der Waals surface area contributed by atoms with Crippen molar-refractivity contribution in [1.29, 1.82) is 5.26 Å². The first kappa shape index (κ1) is 21.5. The zero-order chi connectivity index (χ0) is 23.0. The van der Waals surface area contributed by atoms with Gasteiger partial charge in [-0.05, 0) is 42.8 Å². The average Bonchev–Trinajstić information content (AvgIpc) is 3.11. The number of rotatable bonds is 3. The lowest BCUT2D eigenvalue weighted by Gasteiger charge is -2.17. The number of halogens is 1. The van der Waals surface area contributed by atoms with Crippen LogP contribution >= 0.6 is 11.6 Å². The van der Waals surface area contributed by atoms with E-state index in [1.165, 1.54) is 0 Å². The molecule has 1 amide bonds. The van der Waals surface area contributed by atoms with E-state index in [9.17, 15) is 10.1 Å². The maximum Gasteiger partial charge on any atom is 0.230 e. The Morgan fingerprint density at radius 2 is 1.91 bits per heavy atom. The number of carbonyl (C=O) groups is 1. The number of aryl methyl sites for hydroxylation is 1. The van der Waals surface area contributed by atoms with Crippen molar-refractivity contribution < 1.29 is 4.79 Å². The Morgan fingerprint density at radius 3 is 2.59 bits per heavy atom. The van der Waals surface area contributed by atoms with Crippen LogP contribution in [0.2, 0.25) is 5.15 Å². The monoisotopic (exact) mass is 444 g/mol. The predicted molar refractivity (Wildman–Crippen MR) is 124 cm³/mol. The summed E-state index contributed by atoms with van der Waals surface area (Å²) in [7, 11) is 0. The summed E-state index contributed by atoms with van der Waals surface area (Å²) in [5, 5.41) is 17.3. The summed E-state index contributed by atoms with van der Waals surface area (Å²) in [6, 6.07) is 14.8. The van der Waals surface area contributed by atoms with E-state index in [0.717, 1.165) is 22.4 Å². The van der Waals surface area contributed by atoms with Gasteiger partial charge in [0.1, 0.15) is 16.7 Å². The fourth-order valence-electron chi connectivity index (χ4n) is 3.28. The molecule has 4 rings (SSSR count). The molecule has 0 radical (unpaired) electrons. The van der Waals surface area contributed by atoms with Crippen molar-refractivity contribution in [2.24, 2.45) is 5.41 Å². The van der Waals surface area contributed by atoms with Crippen LogP contribution < -0.4 is 5.32 Å². The van der Waals surface area contributed by atoms with Gasteiger partial charge in [0.15, 0.2) is 5.65 Å². The van der Waals surface area contributed by atoms with Gasteiger partial charge in [-0.15, -0.1) is 0 Å². The van der Waals surface area contributed by atoms with Crippen molar-refractivity contribution in [2.75, 3.05) is 5.32 Å². The van der Waals surface area contributed by atoms with Gasteiger partial charge in [-0.1, -0.05) is 44.5 Å². The quantitative estimate of drug-likeness (QED) is 0.434. The Bertz CT molecular complexity index is 1370. The third-order valence-corrected chi connectivity index (χ3v) is 5.08. The molecule has 0 unspecified atom stereocenters. The SMILES string of the molecule is Cc1cc(-c2c(-c3cccc(C#N)c3)nn3ccc(NC(=O)C(C)(C)C)nc23)cc(Cl)n1. The summed E-state index contributed by atoms with van der Waals surface area (Å²) in [6.07, 6.45) is 1.75. The Balaban J connectivity index is 1.97. The molecule has 0 fully saturated rings. The number of nitrogens with zero attached hydrogens (tertiary/aromatic N) is 5. The molecule has 0 bridgehead atoms. The third kappa shape index (κ3) is 4.18. The molecule has 0 spiro atoms. The first-order chi connectivity index (χ1) is 15.2. The van der Waals surface area contributed by atoms with Crippen LogP contribution in [0.15, 0.2) is 48.7 Å². The number of aromatic nitrogens is 4. The first-order valence-corrected chi connectivity index (χ1v) is 10.4. The Labute approximate surface area is 190 Å². The molecule has 0 saturated heterocycles. The number of hydrogen-bond donors (Lipinski definition) is 1. The largest absolute Gasteiger partial charge is 0.310 e. The van der Waals surface area contributed by atoms with Crippen molar-refractivity contribution in [3.05, 3.63) is 65.1 Å². The Morgan fingerprint density at radius 1 is 1.12 bits per heavy atom. The van der Waals surface area contributed by atoms with Crippen LogP contribution in [0.25, 0.3) is 28.0 Å². The van der Waals surface area contributed by atoms with E-state index in [4.69, 9.17) is 21.7 Å². The normalized spacial score (nSPS) is 11.4. The van der Waals surface area contributed by atoms with Gasteiger partial charge in [-0.2, -0.15) is 10.4 Å². The second-order valence-corrected chi connectivity index (χ2v) is 8.91.